The van der Waals surface area contributed by atoms with Crippen molar-refractivity contribution >= 4 is 17.9 Å². The highest BCUT2D eigenvalue weighted by molar-refractivity contribution is 5.71. The molecular weight excluding hydrogens is 1010 g/mol. The summed E-state index contributed by atoms with van der Waals surface area (Å²) in [6.07, 6.45) is 93.2. The maximum atomic E-state index is 13.0. The molecule has 82 heavy (non-hydrogen) atoms. The molecule has 6 nitrogen and oxygen atoms in total. The Morgan fingerprint density at radius 2 is 0.476 bits per heavy atom. The molecule has 0 aromatic carbocycles. The summed E-state index contributed by atoms with van der Waals surface area (Å²) in [7, 11) is 0. The maximum absolute atomic E-state index is 13.0. The van der Waals surface area contributed by atoms with Crippen molar-refractivity contribution in [3.05, 3.63) is 85.1 Å². The van der Waals surface area contributed by atoms with Crippen LogP contribution in [0.3, 0.4) is 0 Å². The second-order valence-electron chi connectivity index (χ2n) is 23.7. The number of esters is 3. The normalized spacial score (nSPS) is 12.6. The Balaban J connectivity index is 4.32. The fourth-order valence-electron chi connectivity index (χ4n) is 10.4. The number of carbonyl (C=O) groups is 3. The number of hydrogen-bond donors (Lipinski definition) is 0. The van der Waals surface area contributed by atoms with E-state index >= 15 is 0 Å². The number of ether oxygens (including phenoxy) is 3. The number of unbranched alkanes of at least 4 members (excludes halogenated alkanes) is 40. The smallest absolute Gasteiger partial charge is 0.306 e. The fraction of sp³-hybridized carbons (Fsp3) is 0.776. The number of hydrogen-bond acceptors (Lipinski definition) is 6. The van der Waals surface area contributed by atoms with Gasteiger partial charge in [-0.3, -0.25) is 14.4 Å². The molecule has 1 unspecified atom stereocenters. The molecule has 0 amide bonds. The third-order valence-corrected chi connectivity index (χ3v) is 15.6. The summed E-state index contributed by atoms with van der Waals surface area (Å²) >= 11 is 0. The van der Waals surface area contributed by atoms with Crippen LogP contribution in [0, 0.1) is 0 Å². The van der Waals surface area contributed by atoms with E-state index in [1.165, 1.54) is 212 Å². The molecule has 0 rings (SSSR count). The lowest BCUT2D eigenvalue weighted by Crippen LogP contribution is -2.30. The van der Waals surface area contributed by atoms with Gasteiger partial charge in [-0.15, -0.1) is 0 Å². The van der Waals surface area contributed by atoms with Gasteiger partial charge in [0.15, 0.2) is 6.10 Å². The SMILES string of the molecule is CC/C=C\C/C=C\C/C=C\C/C=C\CCCCCCCCCCCCCCC(=O)OCC(COC(=O)CCCCCCCCC/C=C\C/C=C\C/C=C\CC)OC(=O)CCCCCCCCCCCCCCCCCCCCCCCC. The van der Waals surface area contributed by atoms with Crippen LogP contribution in [-0.2, 0) is 28.6 Å². The van der Waals surface area contributed by atoms with Crippen LogP contribution in [0.25, 0.3) is 0 Å². The summed E-state index contributed by atoms with van der Waals surface area (Å²) in [5.41, 5.74) is 0. The number of allylic oxidation sites excluding steroid dienone is 14. The zero-order valence-corrected chi connectivity index (χ0v) is 54.5. The van der Waals surface area contributed by atoms with Crippen molar-refractivity contribution in [2.24, 2.45) is 0 Å². The minimum atomic E-state index is -0.782. The molecule has 1 atom stereocenters. The summed E-state index contributed by atoms with van der Waals surface area (Å²) in [5.74, 6) is -0.867. The Kier molecular flexibility index (Phi) is 67.2. The van der Waals surface area contributed by atoms with Crippen LogP contribution in [0.1, 0.15) is 361 Å². The molecule has 0 radical (unpaired) electrons. The molecule has 0 aliphatic heterocycles. The average Bonchev–Trinajstić information content (AvgIpc) is 3.47. The van der Waals surface area contributed by atoms with Gasteiger partial charge in [0.2, 0.25) is 0 Å². The summed E-state index contributed by atoms with van der Waals surface area (Å²) in [4.78, 5) is 38.5. The van der Waals surface area contributed by atoms with E-state index in [0.717, 1.165) is 109 Å². The van der Waals surface area contributed by atoms with Crippen molar-refractivity contribution in [3.8, 4) is 0 Å². The predicted octanol–water partition coefficient (Wildman–Crippen LogP) is 24.6. The minimum absolute atomic E-state index is 0.0771. The van der Waals surface area contributed by atoms with Gasteiger partial charge in [0.1, 0.15) is 13.2 Å². The van der Waals surface area contributed by atoms with E-state index in [2.05, 4.69) is 106 Å². The standard InChI is InChI=1S/C76H134O6/c1-4-7-10-13-16-19-22-25-28-31-33-35-37-38-39-41-42-45-48-51-54-57-60-63-66-69-75(78)81-72-73(71-80-74(77)68-65-62-59-56-53-50-47-44-30-27-24-21-18-15-12-9-6-3)82-76(79)70-67-64-61-58-55-52-49-46-43-40-36-34-32-29-26-23-20-17-14-11-8-5-2/h7,9-10,12,16,18-19,21,25,27-28,30,33,35,73H,4-6,8,11,13-15,17,20,22-24,26,29,31-32,34,36-72H2,1-3H3/b10-7-,12-9-,19-16-,21-18-,28-25-,30-27-,35-33-. The molecule has 0 heterocycles. The lowest BCUT2D eigenvalue weighted by atomic mass is 10.0. The molecule has 0 aliphatic rings. The van der Waals surface area contributed by atoms with Gasteiger partial charge in [-0.05, 0) is 89.9 Å². The number of carbonyl (C=O) groups excluding carboxylic acids is 3. The fourth-order valence-corrected chi connectivity index (χ4v) is 10.4. The number of rotatable bonds is 65. The summed E-state index contributed by atoms with van der Waals surface area (Å²) in [6, 6.07) is 0. The van der Waals surface area contributed by atoms with Gasteiger partial charge >= 0.3 is 17.9 Å². The van der Waals surface area contributed by atoms with E-state index in [1.807, 2.05) is 0 Å². The van der Waals surface area contributed by atoms with Gasteiger partial charge in [0, 0.05) is 19.3 Å². The third kappa shape index (κ3) is 67.4. The average molecular weight is 1140 g/mol. The minimum Gasteiger partial charge on any atom is -0.462 e. The Labute approximate surface area is 509 Å². The first kappa shape index (κ1) is 78.6. The molecule has 0 saturated carbocycles. The van der Waals surface area contributed by atoms with Gasteiger partial charge in [-0.1, -0.05) is 337 Å². The van der Waals surface area contributed by atoms with Crippen molar-refractivity contribution in [1.82, 2.24) is 0 Å². The molecule has 0 aromatic rings. The highest BCUT2D eigenvalue weighted by Gasteiger charge is 2.19. The summed E-state index contributed by atoms with van der Waals surface area (Å²) < 4.78 is 17.0. The zero-order valence-electron chi connectivity index (χ0n) is 54.5. The largest absolute Gasteiger partial charge is 0.462 e. The van der Waals surface area contributed by atoms with Crippen molar-refractivity contribution in [1.29, 1.82) is 0 Å². The molecule has 6 heteroatoms. The highest BCUT2D eigenvalue weighted by Crippen LogP contribution is 2.18. The van der Waals surface area contributed by atoms with E-state index in [4.69, 9.17) is 14.2 Å². The van der Waals surface area contributed by atoms with Gasteiger partial charge in [-0.25, -0.2) is 0 Å². The van der Waals surface area contributed by atoms with Crippen LogP contribution >= 0.6 is 0 Å². The Morgan fingerprint density at radius 3 is 0.744 bits per heavy atom. The lowest BCUT2D eigenvalue weighted by Gasteiger charge is -2.18. The molecule has 0 aromatic heterocycles. The molecule has 0 saturated heterocycles. The summed E-state index contributed by atoms with van der Waals surface area (Å²) in [6.45, 7) is 6.47. The molecule has 0 aliphatic carbocycles. The monoisotopic (exact) mass is 1140 g/mol. The Hall–Kier alpha value is -3.41. The first-order valence-electron chi connectivity index (χ1n) is 35.6. The predicted molar refractivity (Wildman–Crippen MR) is 358 cm³/mol. The van der Waals surface area contributed by atoms with E-state index in [-0.39, 0.29) is 31.1 Å². The zero-order chi connectivity index (χ0) is 59.2. The van der Waals surface area contributed by atoms with Gasteiger partial charge < -0.3 is 14.2 Å². The van der Waals surface area contributed by atoms with Crippen LogP contribution in [0.15, 0.2) is 85.1 Å². The Morgan fingerprint density at radius 1 is 0.256 bits per heavy atom. The second kappa shape index (κ2) is 70.1. The Bertz CT molecular complexity index is 1550. The molecule has 0 N–H and O–H groups in total. The van der Waals surface area contributed by atoms with Crippen LogP contribution in [0.2, 0.25) is 0 Å². The van der Waals surface area contributed by atoms with Crippen molar-refractivity contribution < 1.29 is 28.6 Å². The van der Waals surface area contributed by atoms with E-state index < -0.39 is 6.10 Å². The first-order chi connectivity index (χ1) is 40.5. The van der Waals surface area contributed by atoms with E-state index in [0.29, 0.717) is 19.3 Å². The topological polar surface area (TPSA) is 78.9 Å². The van der Waals surface area contributed by atoms with Gasteiger partial charge in [0.25, 0.3) is 0 Å². The molecule has 0 spiro atoms. The van der Waals surface area contributed by atoms with Crippen molar-refractivity contribution in [2.75, 3.05) is 13.2 Å². The van der Waals surface area contributed by atoms with Crippen molar-refractivity contribution in [2.45, 2.75) is 367 Å². The highest BCUT2D eigenvalue weighted by atomic mass is 16.6. The lowest BCUT2D eigenvalue weighted by molar-refractivity contribution is -0.167. The molecule has 474 valence electrons. The van der Waals surface area contributed by atoms with E-state index in [9.17, 15) is 14.4 Å². The quantitative estimate of drug-likeness (QED) is 0.0261. The first-order valence-corrected chi connectivity index (χ1v) is 35.6. The van der Waals surface area contributed by atoms with E-state index in [1.54, 1.807) is 0 Å². The third-order valence-electron chi connectivity index (χ3n) is 15.6. The summed E-state index contributed by atoms with van der Waals surface area (Å²) in [5, 5.41) is 0. The van der Waals surface area contributed by atoms with Crippen LogP contribution in [0.4, 0.5) is 0 Å². The van der Waals surface area contributed by atoms with Crippen LogP contribution in [-0.4, -0.2) is 37.2 Å². The van der Waals surface area contributed by atoms with Gasteiger partial charge in [0.05, 0.1) is 0 Å². The van der Waals surface area contributed by atoms with Crippen molar-refractivity contribution in [3.63, 3.8) is 0 Å². The maximum Gasteiger partial charge on any atom is 0.306 e. The van der Waals surface area contributed by atoms with Crippen LogP contribution in [0.5, 0.6) is 0 Å². The van der Waals surface area contributed by atoms with Crippen LogP contribution < -0.4 is 0 Å². The second-order valence-corrected chi connectivity index (χ2v) is 23.7. The molecule has 0 fully saturated rings. The molecule has 0 bridgehead atoms. The molecular formula is C76H134O6. The van der Waals surface area contributed by atoms with Gasteiger partial charge in [-0.2, -0.15) is 0 Å².